The normalized spacial score (nSPS) is 11.3. The average Bonchev–Trinajstić information content (AvgIpc) is 3.16. The molecule has 4 rings (SSSR count). The van der Waals surface area contributed by atoms with Crippen LogP contribution in [-0.2, 0) is 0 Å². The molecule has 9 nitrogen and oxygen atoms in total. The van der Waals surface area contributed by atoms with Crippen LogP contribution in [0.2, 0.25) is 0 Å². The fraction of sp³-hybridized carbons (Fsp3) is 0.0833. The Kier molecular flexibility index (Phi) is 2.28. The third kappa shape index (κ3) is 1.83. The summed E-state index contributed by atoms with van der Waals surface area (Å²) in [5, 5.41) is 16.1. The van der Waals surface area contributed by atoms with E-state index in [0.29, 0.717) is 28.7 Å². The molecule has 4 heterocycles. The van der Waals surface area contributed by atoms with Crippen LogP contribution in [0.15, 0.2) is 40.1 Å². The highest BCUT2D eigenvalue weighted by Gasteiger charge is 2.12. The highest BCUT2D eigenvalue weighted by Crippen LogP contribution is 2.19. The van der Waals surface area contributed by atoms with Crippen LogP contribution in [0.3, 0.4) is 0 Å². The van der Waals surface area contributed by atoms with Crippen molar-refractivity contribution in [3.63, 3.8) is 0 Å². The summed E-state index contributed by atoms with van der Waals surface area (Å²) >= 11 is 0. The van der Waals surface area contributed by atoms with Crippen molar-refractivity contribution >= 4 is 5.65 Å². The van der Waals surface area contributed by atoms with Gasteiger partial charge >= 0.3 is 0 Å². The Bertz CT molecular complexity index is 990. The fourth-order valence-corrected chi connectivity index (χ4v) is 2.03. The van der Waals surface area contributed by atoms with Gasteiger partial charge in [-0.3, -0.25) is 4.79 Å². The van der Waals surface area contributed by atoms with Crippen LogP contribution in [0.1, 0.15) is 5.89 Å². The SMILES string of the molecule is Cc1nnc(-c2cnn(-c3cnn4ccc(=O)[nH]c34)c2)o1. The molecule has 0 amide bonds. The molecule has 0 atom stereocenters. The standard InChI is InChI=1S/C12H9N7O2/c1-7-16-17-12(21-7)8-4-13-19(6-8)9-5-14-18-3-2-10(20)15-11(9)18/h2-6H,1H3,(H,15,20). The smallest absolute Gasteiger partial charge is 0.251 e. The van der Waals surface area contributed by atoms with Gasteiger partial charge in [0.15, 0.2) is 5.65 Å². The van der Waals surface area contributed by atoms with E-state index in [1.807, 2.05) is 0 Å². The summed E-state index contributed by atoms with van der Waals surface area (Å²) in [6.07, 6.45) is 6.54. The van der Waals surface area contributed by atoms with E-state index in [-0.39, 0.29) is 5.56 Å². The van der Waals surface area contributed by atoms with Crippen LogP contribution in [0.25, 0.3) is 22.8 Å². The second-order valence-electron chi connectivity index (χ2n) is 4.43. The van der Waals surface area contributed by atoms with E-state index in [9.17, 15) is 4.79 Å². The van der Waals surface area contributed by atoms with Gasteiger partial charge in [-0.05, 0) is 0 Å². The molecule has 0 fully saturated rings. The van der Waals surface area contributed by atoms with Crippen LogP contribution < -0.4 is 5.56 Å². The number of rotatable bonds is 2. The predicted octanol–water partition coefficient (Wildman–Crippen LogP) is 0.567. The van der Waals surface area contributed by atoms with Gasteiger partial charge < -0.3 is 9.40 Å². The van der Waals surface area contributed by atoms with Gasteiger partial charge in [-0.25, -0.2) is 9.20 Å². The number of nitrogens with zero attached hydrogens (tertiary/aromatic N) is 6. The van der Waals surface area contributed by atoms with Gasteiger partial charge in [-0.2, -0.15) is 10.2 Å². The van der Waals surface area contributed by atoms with Crippen molar-refractivity contribution < 1.29 is 4.42 Å². The Morgan fingerprint density at radius 1 is 1.24 bits per heavy atom. The van der Waals surface area contributed by atoms with Crippen LogP contribution in [0.5, 0.6) is 0 Å². The molecule has 0 bridgehead atoms. The Balaban J connectivity index is 1.84. The summed E-state index contributed by atoms with van der Waals surface area (Å²) in [5.74, 6) is 0.877. The molecule has 104 valence electrons. The predicted molar refractivity (Wildman–Crippen MR) is 71.0 cm³/mol. The van der Waals surface area contributed by atoms with E-state index in [1.54, 1.807) is 40.9 Å². The maximum Gasteiger partial charge on any atom is 0.251 e. The lowest BCUT2D eigenvalue weighted by molar-refractivity contribution is 0.533. The molecule has 0 radical (unpaired) electrons. The molecule has 9 heteroatoms. The Labute approximate surface area is 116 Å². The minimum absolute atomic E-state index is 0.204. The lowest BCUT2D eigenvalue weighted by Crippen LogP contribution is -2.07. The van der Waals surface area contributed by atoms with Gasteiger partial charge in [0.25, 0.3) is 11.4 Å². The van der Waals surface area contributed by atoms with E-state index in [0.717, 1.165) is 0 Å². The van der Waals surface area contributed by atoms with Crippen molar-refractivity contribution in [2.45, 2.75) is 6.92 Å². The van der Waals surface area contributed by atoms with Gasteiger partial charge in [0.05, 0.1) is 18.0 Å². The van der Waals surface area contributed by atoms with E-state index < -0.39 is 0 Å². The third-order valence-corrected chi connectivity index (χ3v) is 2.99. The molecule has 0 saturated heterocycles. The Hall–Kier alpha value is -3.23. The average molecular weight is 283 g/mol. The first-order chi connectivity index (χ1) is 10.2. The summed E-state index contributed by atoms with van der Waals surface area (Å²) in [6, 6.07) is 1.40. The molecule has 0 spiro atoms. The van der Waals surface area contributed by atoms with Crippen LogP contribution in [0, 0.1) is 6.92 Å². The van der Waals surface area contributed by atoms with Crippen LogP contribution >= 0.6 is 0 Å². The zero-order valence-electron chi connectivity index (χ0n) is 10.9. The number of hydrogen-bond donors (Lipinski definition) is 1. The Morgan fingerprint density at radius 2 is 2.14 bits per heavy atom. The maximum atomic E-state index is 11.4. The topological polar surface area (TPSA) is 107 Å². The molecule has 4 aromatic rings. The zero-order chi connectivity index (χ0) is 14.4. The van der Waals surface area contributed by atoms with Crippen molar-refractivity contribution in [2.75, 3.05) is 0 Å². The van der Waals surface area contributed by atoms with Gasteiger partial charge in [0.2, 0.25) is 5.89 Å². The Morgan fingerprint density at radius 3 is 2.95 bits per heavy atom. The minimum Gasteiger partial charge on any atom is -0.421 e. The monoisotopic (exact) mass is 283 g/mol. The highest BCUT2D eigenvalue weighted by atomic mass is 16.4. The molecule has 0 aromatic carbocycles. The van der Waals surface area contributed by atoms with Crippen molar-refractivity contribution in [2.24, 2.45) is 0 Å². The molecular formula is C12H9N7O2. The molecule has 0 aliphatic heterocycles. The van der Waals surface area contributed by atoms with E-state index in [4.69, 9.17) is 4.42 Å². The third-order valence-electron chi connectivity index (χ3n) is 2.99. The maximum absolute atomic E-state index is 11.4. The quantitative estimate of drug-likeness (QED) is 0.576. The zero-order valence-corrected chi connectivity index (χ0v) is 10.9. The van der Waals surface area contributed by atoms with E-state index >= 15 is 0 Å². The number of nitrogens with one attached hydrogen (secondary N) is 1. The second-order valence-corrected chi connectivity index (χ2v) is 4.43. The molecule has 4 aromatic heterocycles. The minimum atomic E-state index is -0.204. The van der Waals surface area contributed by atoms with Gasteiger partial charge in [0, 0.05) is 25.4 Å². The van der Waals surface area contributed by atoms with E-state index in [1.165, 1.54) is 6.07 Å². The highest BCUT2D eigenvalue weighted by molar-refractivity contribution is 5.59. The molecule has 0 saturated carbocycles. The van der Waals surface area contributed by atoms with Crippen molar-refractivity contribution in [3.05, 3.63) is 47.1 Å². The van der Waals surface area contributed by atoms with Crippen LogP contribution in [-0.4, -0.2) is 34.6 Å². The molecule has 0 aliphatic rings. The molecule has 0 aliphatic carbocycles. The lowest BCUT2D eigenvalue weighted by atomic mass is 10.4. The first-order valence-corrected chi connectivity index (χ1v) is 6.13. The number of hydrogen-bond acceptors (Lipinski definition) is 6. The summed E-state index contributed by atoms with van der Waals surface area (Å²) < 4.78 is 8.51. The summed E-state index contributed by atoms with van der Waals surface area (Å²) in [6.45, 7) is 1.72. The van der Waals surface area contributed by atoms with Crippen LogP contribution in [0.4, 0.5) is 0 Å². The van der Waals surface area contributed by atoms with Gasteiger partial charge in [0.1, 0.15) is 5.69 Å². The second kappa shape index (κ2) is 4.13. The van der Waals surface area contributed by atoms with Crippen molar-refractivity contribution in [1.82, 2.24) is 34.6 Å². The first kappa shape index (κ1) is 11.6. The lowest BCUT2D eigenvalue weighted by Gasteiger charge is -1.97. The number of fused-ring (bicyclic) bond motifs is 1. The summed E-state index contributed by atoms with van der Waals surface area (Å²) in [4.78, 5) is 14.2. The molecule has 1 N–H and O–H groups in total. The first-order valence-electron chi connectivity index (χ1n) is 6.13. The number of aromatic nitrogens is 7. The van der Waals surface area contributed by atoms with Crippen molar-refractivity contribution in [3.8, 4) is 17.1 Å². The number of aryl methyl sites for hydroxylation is 1. The fourth-order valence-electron chi connectivity index (χ4n) is 2.03. The largest absolute Gasteiger partial charge is 0.421 e. The molecular weight excluding hydrogens is 274 g/mol. The van der Waals surface area contributed by atoms with Crippen molar-refractivity contribution in [1.29, 1.82) is 0 Å². The molecule has 21 heavy (non-hydrogen) atoms. The summed E-state index contributed by atoms with van der Waals surface area (Å²) in [7, 11) is 0. The van der Waals surface area contributed by atoms with Gasteiger partial charge in [-0.15, -0.1) is 10.2 Å². The number of H-pyrrole nitrogens is 1. The molecule has 0 unspecified atom stereocenters. The van der Waals surface area contributed by atoms with Gasteiger partial charge in [-0.1, -0.05) is 0 Å². The van der Waals surface area contributed by atoms with E-state index in [2.05, 4.69) is 25.4 Å². The summed E-state index contributed by atoms with van der Waals surface area (Å²) in [5.41, 5.74) is 1.69. The number of aromatic amines is 1.